The molecule has 0 aliphatic carbocycles. The van der Waals surface area contributed by atoms with Gasteiger partial charge in [-0.25, -0.2) is 15.8 Å². The Labute approximate surface area is 119 Å². The molecule has 7 nitrogen and oxygen atoms in total. The van der Waals surface area contributed by atoms with Gasteiger partial charge in [0.1, 0.15) is 5.69 Å². The molecule has 7 heteroatoms. The van der Waals surface area contributed by atoms with Crippen molar-refractivity contribution in [3.05, 3.63) is 18.1 Å². The van der Waals surface area contributed by atoms with E-state index in [1.54, 1.807) is 4.90 Å². The fraction of sp³-hybridized carbons (Fsp3) is 0.615. The summed E-state index contributed by atoms with van der Waals surface area (Å²) in [7, 11) is 1.84. The van der Waals surface area contributed by atoms with Crippen LogP contribution in [0.2, 0.25) is 0 Å². The van der Waals surface area contributed by atoms with Crippen molar-refractivity contribution in [2.24, 2.45) is 5.84 Å². The van der Waals surface area contributed by atoms with Crippen LogP contribution < -0.4 is 11.3 Å². The number of hydrazine groups is 1. The number of hydrogen-bond donors (Lipinski definition) is 2. The van der Waals surface area contributed by atoms with Crippen LogP contribution in [0.1, 0.15) is 30.3 Å². The lowest BCUT2D eigenvalue weighted by Gasteiger charge is -2.36. The van der Waals surface area contributed by atoms with Gasteiger partial charge in [-0.1, -0.05) is 6.92 Å². The van der Waals surface area contributed by atoms with Crippen molar-refractivity contribution in [2.45, 2.75) is 25.8 Å². The van der Waals surface area contributed by atoms with Gasteiger partial charge in [-0.3, -0.25) is 4.79 Å². The van der Waals surface area contributed by atoms with Crippen LogP contribution in [0.15, 0.2) is 12.4 Å². The monoisotopic (exact) mass is 278 g/mol. The topological polar surface area (TPSA) is 87.4 Å². The highest BCUT2D eigenvalue weighted by atomic mass is 16.2. The van der Waals surface area contributed by atoms with E-state index in [-0.39, 0.29) is 11.9 Å². The van der Waals surface area contributed by atoms with Crippen molar-refractivity contribution < 1.29 is 4.79 Å². The van der Waals surface area contributed by atoms with E-state index >= 15 is 0 Å². The third-order valence-electron chi connectivity index (χ3n) is 3.89. The van der Waals surface area contributed by atoms with Crippen LogP contribution in [0.3, 0.4) is 0 Å². The Kier molecular flexibility index (Phi) is 4.86. The van der Waals surface area contributed by atoms with E-state index in [2.05, 4.69) is 27.2 Å². The summed E-state index contributed by atoms with van der Waals surface area (Å²) in [4.78, 5) is 24.6. The molecule has 20 heavy (non-hydrogen) atoms. The minimum atomic E-state index is -0.0870. The van der Waals surface area contributed by atoms with Gasteiger partial charge in [0.25, 0.3) is 5.91 Å². The van der Waals surface area contributed by atoms with E-state index in [0.29, 0.717) is 11.5 Å². The predicted molar refractivity (Wildman–Crippen MR) is 77.1 cm³/mol. The van der Waals surface area contributed by atoms with Crippen molar-refractivity contribution in [3.8, 4) is 0 Å². The number of nitrogen functional groups attached to an aromatic ring is 1. The molecule has 1 aliphatic heterocycles. The smallest absolute Gasteiger partial charge is 0.274 e. The van der Waals surface area contributed by atoms with Crippen LogP contribution in [-0.2, 0) is 0 Å². The molecule has 0 atom stereocenters. The van der Waals surface area contributed by atoms with Crippen LogP contribution >= 0.6 is 0 Å². The molecule has 1 amide bonds. The zero-order valence-corrected chi connectivity index (χ0v) is 12.0. The fourth-order valence-electron chi connectivity index (χ4n) is 2.48. The summed E-state index contributed by atoms with van der Waals surface area (Å²) in [6.45, 7) is 5.32. The van der Waals surface area contributed by atoms with E-state index in [1.807, 2.05) is 7.05 Å². The molecule has 0 bridgehead atoms. The minimum absolute atomic E-state index is 0.0870. The zero-order valence-electron chi connectivity index (χ0n) is 12.0. The molecule has 0 spiro atoms. The summed E-state index contributed by atoms with van der Waals surface area (Å²) in [5.74, 6) is 5.58. The van der Waals surface area contributed by atoms with Crippen LogP contribution in [0, 0.1) is 0 Å². The largest absolute Gasteiger partial charge is 0.337 e. The number of nitrogens with one attached hydrogen (secondary N) is 1. The zero-order chi connectivity index (χ0) is 14.5. The molecule has 0 saturated carbocycles. The van der Waals surface area contributed by atoms with E-state index in [4.69, 9.17) is 5.84 Å². The van der Waals surface area contributed by atoms with Gasteiger partial charge >= 0.3 is 0 Å². The summed E-state index contributed by atoms with van der Waals surface area (Å²) in [5, 5.41) is 0. The SMILES string of the molecule is CCN1CCC(N(C)C(=O)c2cnc(NN)cn2)CC1. The molecule has 1 fully saturated rings. The first-order chi connectivity index (χ1) is 9.65. The maximum absolute atomic E-state index is 12.4. The van der Waals surface area contributed by atoms with Gasteiger partial charge in [-0.15, -0.1) is 0 Å². The number of amides is 1. The average molecular weight is 278 g/mol. The first-order valence-corrected chi connectivity index (χ1v) is 6.94. The fourth-order valence-corrected chi connectivity index (χ4v) is 2.48. The van der Waals surface area contributed by atoms with Crippen molar-refractivity contribution >= 4 is 11.7 Å². The molecule has 0 unspecified atom stereocenters. The summed E-state index contributed by atoms with van der Waals surface area (Å²) >= 11 is 0. The lowest BCUT2D eigenvalue weighted by molar-refractivity contribution is 0.0640. The number of aromatic nitrogens is 2. The van der Waals surface area contributed by atoms with E-state index in [9.17, 15) is 4.79 Å². The molecular weight excluding hydrogens is 256 g/mol. The molecule has 0 aromatic carbocycles. The standard InChI is InChI=1S/C13H22N6O/c1-3-19-6-4-10(5-7-19)18(2)13(20)11-8-16-12(17-14)9-15-11/h8-10H,3-7,14H2,1-2H3,(H,16,17). The molecule has 110 valence electrons. The van der Waals surface area contributed by atoms with Crippen LogP contribution in [0.25, 0.3) is 0 Å². The lowest BCUT2D eigenvalue weighted by Crippen LogP contribution is -2.45. The number of nitrogens with zero attached hydrogens (tertiary/aromatic N) is 4. The molecule has 1 aromatic heterocycles. The Balaban J connectivity index is 1.97. The summed E-state index contributed by atoms with van der Waals surface area (Å²) < 4.78 is 0. The molecule has 1 aromatic rings. The Morgan fingerprint density at radius 1 is 1.45 bits per heavy atom. The van der Waals surface area contributed by atoms with Crippen LogP contribution in [-0.4, -0.2) is 58.4 Å². The first kappa shape index (κ1) is 14.7. The summed E-state index contributed by atoms with van der Waals surface area (Å²) in [6.07, 6.45) is 4.92. The second kappa shape index (κ2) is 6.62. The van der Waals surface area contributed by atoms with Gasteiger partial charge in [0, 0.05) is 26.2 Å². The van der Waals surface area contributed by atoms with Gasteiger partial charge in [-0.05, 0) is 19.4 Å². The van der Waals surface area contributed by atoms with E-state index in [1.165, 1.54) is 12.4 Å². The molecule has 2 heterocycles. The van der Waals surface area contributed by atoms with E-state index in [0.717, 1.165) is 32.5 Å². The highest BCUT2D eigenvalue weighted by Gasteiger charge is 2.26. The summed E-state index contributed by atoms with van der Waals surface area (Å²) in [6, 6.07) is 0.277. The molecule has 1 saturated heterocycles. The molecular formula is C13H22N6O. The Hall–Kier alpha value is -1.73. The molecule has 1 aliphatic rings. The van der Waals surface area contributed by atoms with Crippen molar-refractivity contribution in [1.82, 2.24) is 19.8 Å². The van der Waals surface area contributed by atoms with E-state index < -0.39 is 0 Å². The highest BCUT2D eigenvalue weighted by molar-refractivity contribution is 5.92. The van der Waals surface area contributed by atoms with Gasteiger partial charge < -0.3 is 15.2 Å². The number of likely N-dealkylation sites (tertiary alicyclic amines) is 1. The first-order valence-electron chi connectivity index (χ1n) is 6.94. The number of carbonyl (C=O) groups is 1. The third-order valence-corrected chi connectivity index (χ3v) is 3.89. The Morgan fingerprint density at radius 2 is 2.15 bits per heavy atom. The average Bonchev–Trinajstić information content (AvgIpc) is 2.53. The van der Waals surface area contributed by atoms with Crippen molar-refractivity contribution in [3.63, 3.8) is 0 Å². The quantitative estimate of drug-likeness (QED) is 0.609. The maximum Gasteiger partial charge on any atom is 0.274 e. The number of anilines is 1. The number of hydrogen-bond acceptors (Lipinski definition) is 6. The summed E-state index contributed by atoms with van der Waals surface area (Å²) in [5.41, 5.74) is 2.74. The van der Waals surface area contributed by atoms with Crippen molar-refractivity contribution in [2.75, 3.05) is 32.1 Å². The third kappa shape index (κ3) is 3.23. The van der Waals surface area contributed by atoms with Gasteiger partial charge in [-0.2, -0.15) is 0 Å². The number of nitrogens with two attached hydrogens (primary N) is 1. The number of carbonyl (C=O) groups excluding carboxylic acids is 1. The second-order valence-corrected chi connectivity index (χ2v) is 5.01. The molecule has 3 N–H and O–H groups in total. The number of rotatable bonds is 4. The minimum Gasteiger partial charge on any atom is -0.337 e. The lowest BCUT2D eigenvalue weighted by atomic mass is 10.0. The van der Waals surface area contributed by atoms with Gasteiger partial charge in [0.2, 0.25) is 0 Å². The maximum atomic E-state index is 12.4. The van der Waals surface area contributed by atoms with Crippen LogP contribution in [0.5, 0.6) is 0 Å². The molecule has 2 rings (SSSR count). The Bertz CT molecular complexity index is 441. The van der Waals surface area contributed by atoms with Crippen molar-refractivity contribution in [1.29, 1.82) is 0 Å². The Morgan fingerprint density at radius 3 is 2.65 bits per heavy atom. The highest BCUT2D eigenvalue weighted by Crippen LogP contribution is 2.16. The molecule has 0 radical (unpaired) electrons. The predicted octanol–water partition coefficient (Wildman–Crippen LogP) is 0.319. The second-order valence-electron chi connectivity index (χ2n) is 5.01. The van der Waals surface area contributed by atoms with Gasteiger partial charge in [0.05, 0.1) is 12.4 Å². The normalized spacial score (nSPS) is 16.9. The van der Waals surface area contributed by atoms with Gasteiger partial charge in [0.15, 0.2) is 5.82 Å². The van der Waals surface area contributed by atoms with Crippen LogP contribution in [0.4, 0.5) is 5.82 Å². The number of piperidine rings is 1.